The molecule has 0 aliphatic rings. The highest BCUT2D eigenvalue weighted by Crippen LogP contribution is 2.21. The van der Waals surface area contributed by atoms with Crippen molar-refractivity contribution in [1.82, 2.24) is 5.32 Å². The van der Waals surface area contributed by atoms with E-state index >= 15 is 0 Å². The van der Waals surface area contributed by atoms with Crippen LogP contribution in [0.15, 0.2) is 48.5 Å². The van der Waals surface area contributed by atoms with Crippen molar-refractivity contribution in [3.63, 3.8) is 0 Å². The molecule has 0 aromatic heterocycles. The van der Waals surface area contributed by atoms with Crippen molar-refractivity contribution >= 4 is 5.91 Å². The average molecular weight is 310 g/mol. The summed E-state index contributed by atoms with van der Waals surface area (Å²) in [6, 6.07) is 15.8. The summed E-state index contributed by atoms with van der Waals surface area (Å²) in [7, 11) is 0. The zero-order chi connectivity index (χ0) is 16.9. The summed E-state index contributed by atoms with van der Waals surface area (Å²) in [5.74, 6) is -0.397. The van der Waals surface area contributed by atoms with Gasteiger partial charge >= 0.3 is 0 Å². The number of carbonyl (C=O) groups is 1. The zero-order valence-electron chi connectivity index (χ0n) is 14.2. The molecular formula is C20H26N2O. The van der Waals surface area contributed by atoms with Crippen LogP contribution >= 0.6 is 0 Å². The van der Waals surface area contributed by atoms with Gasteiger partial charge in [-0.15, -0.1) is 0 Å². The van der Waals surface area contributed by atoms with Crippen molar-refractivity contribution < 1.29 is 4.79 Å². The lowest BCUT2D eigenvalue weighted by atomic mass is 9.92. The van der Waals surface area contributed by atoms with Crippen LogP contribution in [-0.2, 0) is 6.54 Å². The van der Waals surface area contributed by atoms with Crippen LogP contribution in [0.25, 0.3) is 11.1 Å². The van der Waals surface area contributed by atoms with E-state index in [1.54, 1.807) is 6.07 Å². The molecule has 2 aromatic rings. The molecule has 2 aromatic carbocycles. The van der Waals surface area contributed by atoms with Crippen LogP contribution in [0, 0.1) is 5.41 Å². The van der Waals surface area contributed by atoms with Crippen LogP contribution in [0.2, 0.25) is 0 Å². The number of amides is 1. The summed E-state index contributed by atoms with van der Waals surface area (Å²) in [6.07, 6.45) is 1.16. The van der Waals surface area contributed by atoms with E-state index in [0.717, 1.165) is 30.6 Å². The minimum Gasteiger partial charge on any atom is -0.366 e. The first kappa shape index (κ1) is 17.2. The topological polar surface area (TPSA) is 55.1 Å². The molecule has 0 saturated heterocycles. The van der Waals surface area contributed by atoms with Gasteiger partial charge in [-0.25, -0.2) is 0 Å². The van der Waals surface area contributed by atoms with Gasteiger partial charge in [0.1, 0.15) is 0 Å². The maximum Gasteiger partial charge on any atom is 0.248 e. The Labute approximate surface area is 138 Å². The van der Waals surface area contributed by atoms with Crippen LogP contribution in [0.1, 0.15) is 43.1 Å². The lowest BCUT2D eigenvalue weighted by Gasteiger charge is -2.18. The van der Waals surface area contributed by atoms with Gasteiger partial charge in [-0.05, 0) is 47.2 Å². The van der Waals surface area contributed by atoms with E-state index < -0.39 is 5.91 Å². The molecule has 0 aliphatic carbocycles. The zero-order valence-corrected chi connectivity index (χ0v) is 14.2. The Balaban J connectivity index is 1.97. The van der Waals surface area contributed by atoms with Crippen LogP contribution < -0.4 is 11.1 Å². The normalized spacial score (nSPS) is 11.4. The van der Waals surface area contributed by atoms with E-state index in [-0.39, 0.29) is 0 Å². The molecule has 3 N–H and O–H groups in total. The van der Waals surface area contributed by atoms with E-state index in [1.165, 1.54) is 5.56 Å². The van der Waals surface area contributed by atoms with Gasteiger partial charge in [0.05, 0.1) is 0 Å². The van der Waals surface area contributed by atoms with Crippen molar-refractivity contribution in [1.29, 1.82) is 0 Å². The van der Waals surface area contributed by atoms with E-state index in [1.807, 2.05) is 18.2 Å². The Hall–Kier alpha value is -2.13. The third-order valence-electron chi connectivity index (χ3n) is 3.82. The van der Waals surface area contributed by atoms with Crippen LogP contribution in [0.5, 0.6) is 0 Å². The number of hydrogen-bond acceptors (Lipinski definition) is 2. The third-order valence-corrected chi connectivity index (χ3v) is 3.82. The monoisotopic (exact) mass is 310 g/mol. The lowest BCUT2D eigenvalue weighted by molar-refractivity contribution is 0.100. The summed E-state index contributed by atoms with van der Waals surface area (Å²) in [6.45, 7) is 8.65. The summed E-state index contributed by atoms with van der Waals surface area (Å²) in [4.78, 5) is 11.3. The molecule has 1 amide bonds. The number of nitrogens with one attached hydrogen (secondary N) is 1. The molecule has 0 bridgehead atoms. The van der Waals surface area contributed by atoms with Gasteiger partial charge < -0.3 is 11.1 Å². The molecule has 0 spiro atoms. The smallest absolute Gasteiger partial charge is 0.248 e. The van der Waals surface area contributed by atoms with Gasteiger partial charge in [-0.1, -0.05) is 57.2 Å². The largest absolute Gasteiger partial charge is 0.366 e. The van der Waals surface area contributed by atoms with E-state index in [2.05, 4.69) is 50.4 Å². The highest BCUT2D eigenvalue weighted by atomic mass is 16.1. The molecule has 0 saturated carbocycles. The maximum atomic E-state index is 11.3. The first-order chi connectivity index (χ1) is 10.8. The highest BCUT2D eigenvalue weighted by molar-refractivity contribution is 5.94. The van der Waals surface area contributed by atoms with Crippen molar-refractivity contribution in [2.45, 2.75) is 33.7 Å². The number of rotatable bonds is 6. The Bertz CT molecular complexity index is 654. The molecule has 3 nitrogen and oxygen atoms in total. The Kier molecular flexibility index (Phi) is 5.56. The Morgan fingerprint density at radius 3 is 2.35 bits per heavy atom. The second-order valence-electron chi connectivity index (χ2n) is 7.13. The summed E-state index contributed by atoms with van der Waals surface area (Å²) >= 11 is 0. The Morgan fingerprint density at radius 1 is 1.04 bits per heavy atom. The molecule has 0 radical (unpaired) electrons. The second-order valence-corrected chi connectivity index (χ2v) is 7.13. The number of primary amides is 1. The van der Waals surface area contributed by atoms with Gasteiger partial charge in [0, 0.05) is 12.1 Å². The first-order valence-electron chi connectivity index (χ1n) is 8.05. The minimum absolute atomic E-state index is 0.363. The van der Waals surface area contributed by atoms with Crippen molar-refractivity contribution in [2.24, 2.45) is 11.1 Å². The quantitative estimate of drug-likeness (QED) is 0.793. The standard InChI is InChI=1S/C20H26N2O/c1-20(2,3)11-12-22-14-15-7-9-16(10-8-15)17-5-4-6-18(13-17)19(21)23/h4-10,13,22H,11-12,14H2,1-3H3,(H2,21,23). The first-order valence-corrected chi connectivity index (χ1v) is 8.05. The Morgan fingerprint density at radius 2 is 1.74 bits per heavy atom. The molecule has 0 fully saturated rings. The fourth-order valence-corrected chi connectivity index (χ4v) is 2.36. The van der Waals surface area contributed by atoms with Crippen LogP contribution in [0.4, 0.5) is 0 Å². The van der Waals surface area contributed by atoms with Crippen LogP contribution in [0.3, 0.4) is 0 Å². The lowest BCUT2D eigenvalue weighted by Crippen LogP contribution is -2.20. The highest BCUT2D eigenvalue weighted by Gasteiger charge is 2.08. The predicted octanol–water partition coefficient (Wildman–Crippen LogP) is 3.98. The molecule has 0 aliphatic heterocycles. The number of benzene rings is 2. The molecule has 122 valence electrons. The molecule has 3 heteroatoms. The van der Waals surface area contributed by atoms with Gasteiger partial charge in [0.25, 0.3) is 0 Å². The molecular weight excluding hydrogens is 284 g/mol. The van der Waals surface area contributed by atoms with Crippen molar-refractivity contribution in [3.05, 3.63) is 59.7 Å². The second kappa shape index (κ2) is 7.42. The third kappa shape index (κ3) is 5.53. The van der Waals surface area contributed by atoms with Crippen molar-refractivity contribution in [2.75, 3.05) is 6.54 Å². The van der Waals surface area contributed by atoms with Crippen molar-refractivity contribution in [3.8, 4) is 11.1 Å². The van der Waals surface area contributed by atoms with Gasteiger partial charge in [-0.3, -0.25) is 4.79 Å². The fourth-order valence-electron chi connectivity index (χ4n) is 2.36. The van der Waals surface area contributed by atoms with Crippen LogP contribution in [-0.4, -0.2) is 12.5 Å². The number of carbonyl (C=O) groups excluding carboxylic acids is 1. The van der Waals surface area contributed by atoms with E-state index in [0.29, 0.717) is 11.0 Å². The molecule has 0 heterocycles. The summed E-state index contributed by atoms with van der Waals surface area (Å²) in [5.41, 5.74) is 9.59. The minimum atomic E-state index is -0.397. The maximum absolute atomic E-state index is 11.3. The number of nitrogens with two attached hydrogens (primary N) is 1. The summed E-state index contributed by atoms with van der Waals surface area (Å²) in [5, 5.41) is 3.48. The molecule has 0 atom stereocenters. The average Bonchev–Trinajstić information content (AvgIpc) is 2.51. The van der Waals surface area contributed by atoms with Gasteiger partial charge in [0.15, 0.2) is 0 Å². The van der Waals surface area contributed by atoms with E-state index in [9.17, 15) is 4.79 Å². The number of hydrogen-bond donors (Lipinski definition) is 2. The predicted molar refractivity (Wildman–Crippen MR) is 96.2 cm³/mol. The SMILES string of the molecule is CC(C)(C)CCNCc1ccc(-c2cccc(C(N)=O)c2)cc1. The fraction of sp³-hybridized carbons (Fsp3) is 0.350. The molecule has 2 rings (SSSR count). The summed E-state index contributed by atoms with van der Waals surface area (Å²) < 4.78 is 0. The van der Waals surface area contributed by atoms with E-state index in [4.69, 9.17) is 5.73 Å². The van der Waals surface area contributed by atoms with Gasteiger partial charge in [-0.2, -0.15) is 0 Å². The molecule has 23 heavy (non-hydrogen) atoms. The molecule has 0 unspecified atom stereocenters. The van der Waals surface area contributed by atoms with Gasteiger partial charge in [0.2, 0.25) is 5.91 Å².